The van der Waals surface area contributed by atoms with Gasteiger partial charge in [0.2, 0.25) is 0 Å². The van der Waals surface area contributed by atoms with Gasteiger partial charge in [-0.1, -0.05) is 19.8 Å². The molecule has 2 unspecified atom stereocenters. The Morgan fingerprint density at radius 2 is 2.10 bits per heavy atom. The second-order valence-electron chi connectivity index (χ2n) is 6.36. The number of hydrogen-bond donors (Lipinski definition) is 3. The Labute approximate surface area is 120 Å². The molecule has 6 nitrogen and oxygen atoms in total. The molecule has 2 atom stereocenters. The molecule has 0 aromatic carbocycles. The first kappa shape index (κ1) is 16.8. The zero-order valence-corrected chi connectivity index (χ0v) is 12.8. The van der Waals surface area contributed by atoms with Gasteiger partial charge in [-0.15, -0.1) is 0 Å². The van der Waals surface area contributed by atoms with Crippen LogP contribution in [0.3, 0.4) is 0 Å². The van der Waals surface area contributed by atoms with E-state index in [1.165, 1.54) is 0 Å². The minimum atomic E-state index is -1.14. The van der Waals surface area contributed by atoms with Crippen LogP contribution in [0.5, 0.6) is 0 Å². The van der Waals surface area contributed by atoms with E-state index in [1.807, 2.05) is 20.8 Å². The zero-order chi connectivity index (χ0) is 15.4. The summed E-state index contributed by atoms with van der Waals surface area (Å²) in [5.41, 5.74) is -1.62. The number of ether oxygens (including phenoxy) is 1. The topological polar surface area (TPSA) is 87.7 Å². The SMILES string of the molecule is COC(C)(C)CNC(=O)NC1(C(=O)O)CCCC(C)C1. The lowest BCUT2D eigenvalue weighted by atomic mass is 9.76. The Morgan fingerprint density at radius 3 is 2.60 bits per heavy atom. The Balaban J connectivity index is 2.62. The number of carbonyl (C=O) groups excluding carboxylic acids is 1. The van der Waals surface area contributed by atoms with E-state index in [0.717, 1.165) is 12.8 Å². The number of carboxylic acid groups (broad SMARTS) is 1. The monoisotopic (exact) mass is 286 g/mol. The minimum Gasteiger partial charge on any atom is -0.480 e. The molecule has 1 aliphatic carbocycles. The van der Waals surface area contributed by atoms with Crippen LogP contribution in [0.2, 0.25) is 0 Å². The summed E-state index contributed by atoms with van der Waals surface area (Å²) in [4.78, 5) is 23.5. The number of rotatable bonds is 5. The van der Waals surface area contributed by atoms with Gasteiger partial charge in [-0.25, -0.2) is 9.59 Å². The first-order chi connectivity index (χ1) is 9.21. The van der Waals surface area contributed by atoms with Crippen molar-refractivity contribution in [2.75, 3.05) is 13.7 Å². The quantitative estimate of drug-likeness (QED) is 0.718. The summed E-state index contributed by atoms with van der Waals surface area (Å²) in [6.45, 7) is 6.04. The van der Waals surface area contributed by atoms with E-state index in [0.29, 0.717) is 25.3 Å². The van der Waals surface area contributed by atoms with Crippen LogP contribution in [0, 0.1) is 5.92 Å². The van der Waals surface area contributed by atoms with E-state index in [-0.39, 0.29) is 0 Å². The molecule has 116 valence electrons. The lowest BCUT2D eigenvalue weighted by Gasteiger charge is -2.37. The van der Waals surface area contributed by atoms with Crippen molar-refractivity contribution in [2.24, 2.45) is 5.92 Å². The van der Waals surface area contributed by atoms with Gasteiger partial charge in [0.05, 0.1) is 5.60 Å². The predicted octanol–water partition coefficient (Wildman–Crippen LogP) is 1.74. The first-order valence-electron chi connectivity index (χ1n) is 7.05. The second kappa shape index (κ2) is 6.43. The molecule has 6 heteroatoms. The van der Waals surface area contributed by atoms with Crippen molar-refractivity contribution in [1.82, 2.24) is 10.6 Å². The van der Waals surface area contributed by atoms with E-state index in [1.54, 1.807) is 7.11 Å². The normalized spacial score (nSPS) is 26.9. The Kier molecular flexibility index (Phi) is 5.39. The number of carbonyl (C=O) groups is 2. The number of methoxy groups -OCH3 is 1. The standard InChI is InChI=1S/C14H26N2O4/c1-10-6-5-7-14(8-10,11(17)18)16-12(19)15-9-13(2,3)20-4/h10H,5-9H2,1-4H3,(H,17,18)(H2,15,16,19). The van der Waals surface area contributed by atoms with Crippen molar-refractivity contribution in [3.8, 4) is 0 Å². The summed E-state index contributed by atoms with van der Waals surface area (Å²) in [7, 11) is 1.57. The van der Waals surface area contributed by atoms with Crippen molar-refractivity contribution in [3.05, 3.63) is 0 Å². The minimum absolute atomic E-state index is 0.301. The summed E-state index contributed by atoms with van der Waals surface area (Å²) in [6, 6.07) is -0.452. The molecule has 0 aromatic heterocycles. The molecule has 3 N–H and O–H groups in total. The Hall–Kier alpha value is -1.30. The smallest absolute Gasteiger partial charge is 0.329 e. The van der Waals surface area contributed by atoms with E-state index in [4.69, 9.17) is 4.74 Å². The molecule has 0 heterocycles. The third-order valence-electron chi connectivity index (χ3n) is 3.99. The molecule has 2 amide bonds. The highest BCUT2D eigenvalue weighted by molar-refractivity contribution is 5.86. The first-order valence-corrected chi connectivity index (χ1v) is 7.05. The van der Waals surface area contributed by atoms with E-state index < -0.39 is 23.1 Å². The molecule has 1 saturated carbocycles. The molecule has 1 rings (SSSR count). The lowest BCUT2D eigenvalue weighted by molar-refractivity contribution is -0.146. The van der Waals surface area contributed by atoms with Gasteiger partial charge in [-0.2, -0.15) is 0 Å². The van der Waals surface area contributed by atoms with Crippen LogP contribution >= 0.6 is 0 Å². The summed E-state index contributed by atoms with van der Waals surface area (Å²) in [5, 5.41) is 14.8. The van der Waals surface area contributed by atoms with Crippen molar-refractivity contribution in [1.29, 1.82) is 0 Å². The number of carboxylic acids is 1. The zero-order valence-electron chi connectivity index (χ0n) is 12.8. The maximum atomic E-state index is 11.9. The average Bonchev–Trinajstić information content (AvgIpc) is 2.36. The number of nitrogens with one attached hydrogen (secondary N) is 2. The number of hydrogen-bond acceptors (Lipinski definition) is 3. The fourth-order valence-corrected chi connectivity index (χ4v) is 2.54. The van der Waals surface area contributed by atoms with Gasteiger partial charge < -0.3 is 20.5 Å². The molecular formula is C14H26N2O4. The molecule has 1 aliphatic rings. The van der Waals surface area contributed by atoms with Gasteiger partial charge in [0.25, 0.3) is 0 Å². The van der Waals surface area contributed by atoms with Crippen molar-refractivity contribution < 1.29 is 19.4 Å². The van der Waals surface area contributed by atoms with Gasteiger partial charge in [-0.05, 0) is 32.6 Å². The Morgan fingerprint density at radius 1 is 1.45 bits per heavy atom. The van der Waals surface area contributed by atoms with Crippen LogP contribution in [-0.2, 0) is 9.53 Å². The van der Waals surface area contributed by atoms with Gasteiger partial charge in [0, 0.05) is 13.7 Å². The molecule has 0 radical (unpaired) electrons. The summed E-state index contributed by atoms with van der Waals surface area (Å²) >= 11 is 0. The van der Waals surface area contributed by atoms with E-state index in [9.17, 15) is 14.7 Å². The maximum absolute atomic E-state index is 11.9. The third kappa shape index (κ3) is 4.37. The van der Waals surface area contributed by atoms with Gasteiger partial charge in [-0.3, -0.25) is 0 Å². The molecule has 20 heavy (non-hydrogen) atoms. The molecule has 0 saturated heterocycles. The van der Waals surface area contributed by atoms with Crippen molar-refractivity contribution in [3.63, 3.8) is 0 Å². The van der Waals surface area contributed by atoms with E-state index in [2.05, 4.69) is 10.6 Å². The molecule has 0 spiro atoms. The second-order valence-corrected chi connectivity index (χ2v) is 6.36. The molecule has 1 fully saturated rings. The Bertz CT molecular complexity index is 370. The fourth-order valence-electron chi connectivity index (χ4n) is 2.54. The lowest BCUT2D eigenvalue weighted by Crippen LogP contribution is -2.60. The summed E-state index contributed by atoms with van der Waals surface area (Å²) in [5.74, 6) is -0.652. The highest BCUT2D eigenvalue weighted by Gasteiger charge is 2.43. The highest BCUT2D eigenvalue weighted by Crippen LogP contribution is 2.32. The average molecular weight is 286 g/mol. The van der Waals surface area contributed by atoms with Crippen LogP contribution in [0.1, 0.15) is 46.5 Å². The number of aliphatic carboxylic acids is 1. The number of urea groups is 1. The van der Waals surface area contributed by atoms with Crippen LogP contribution in [0.4, 0.5) is 4.79 Å². The summed E-state index contributed by atoms with van der Waals surface area (Å²) in [6.07, 6.45) is 2.78. The van der Waals surface area contributed by atoms with E-state index >= 15 is 0 Å². The van der Waals surface area contributed by atoms with Gasteiger partial charge >= 0.3 is 12.0 Å². The van der Waals surface area contributed by atoms with Crippen LogP contribution in [0.15, 0.2) is 0 Å². The largest absolute Gasteiger partial charge is 0.480 e. The molecule has 0 aliphatic heterocycles. The molecule has 0 aromatic rings. The van der Waals surface area contributed by atoms with Crippen LogP contribution in [0.25, 0.3) is 0 Å². The third-order valence-corrected chi connectivity index (χ3v) is 3.99. The van der Waals surface area contributed by atoms with Gasteiger partial charge in [0.15, 0.2) is 0 Å². The maximum Gasteiger partial charge on any atom is 0.329 e. The molecular weight excluding hydrogens is 260 g/mol. The van der Waals surface area contributed by atoms with Gasteiger partial charge in [0.1, 0.15) is 5.54 Å². The highest BCUT2D eigenvalue weighted by atomic mass is 16.5. The van der Waals surface area contributed by atoms with Crippen molar-refractivity contribution >= 4 is 12.0 Å². The molecule has 0 bridgehead atoms. The fraction of sp³-hybridized carbons (Fsp3) is 0.857. The number of amides is 2. The van der Waals surface area contributed by atoms with Crippen LogP contribution in [-0.4, -0.2) is 41.9 Å². The van der Waals surface area contributed by atoms with Crippen molar-refractivity contribution in [2.45, 2.75) is 57.6 Å². The summed E-state index contributed by atoms with van der Waals surface area (Å²) < 4.78 is 5.21. The van der Waals surface area contributed by atoms with Crippen LogP contribution < -0.4 is 10.6 Å². The predicted molar refractivity (Wildman–Crippen MR) is 75.6 cm³/mol.